The molecule has 5 heteroatoms. The van der Waals surface area contributed by atoms with Crippen LogP contribution in [0.15, 0.2) is 12.1 Å². The number of ether oxygens (including phenoxy) is 1. The summed E-state index contributed by atoms with van der Waals surface area (Å²) in [6, 6.07) is 2.88. The van der Waals surface area contributed by atoms with Crippen molar-refractivity contribution in [2.75, 3.05) is 12.3 Å². The van der Waals surface area contributed by atoms with Crippen molar-refractivity contribution in [3.63, 3.8) is 0 Å². The number of aromatic nitrogens is 1. The van der Waals surface area contributed by atoms with Crippen molar-refractivity contribution in [2.24, 2.45) is 0 Å². The van der Waals surface area contributed by atoms with Crippen LogP contribution >= 0.6 is 0 Å². The molecule has 1 rings (SSSR count). The van der Waals surface area contributed by atoms with Gasteiger partial charge in [0.1, 0.15) is 0 Å². The highest BCUT2D eigenvalue weighted by Gasteiger charge is 2.09. The van der Waals surface area contributed by atoms with Gasteiger partial charge in [-0.05, 0) is 18.6 Å². The summed E-state index contributed by atoms with van der Waals surface area (Å²) in [6.45, 7) is 2.71. The molecular weight excluding hydrogens is 244 g/mol. The van der Waals surface area contributed by atoms with Crippen molar-refractivity contribution in [3.8, 4) is 5.88 Å². The molecule has 1 aromatic rings. The Morgan fingerprint density at radius 1 is 1.26 bits per heavy atom. The Hall–Kier alpha value is -1.78. The molecule has 0 saturated carbocycles. The van der Waals surface area contributed by atoms with Crippen LogP contribution < -0.4 is 10.5 Å². The molecule has 0 spiro atoms. The molecule has 0 amide bonds. The van der Waals surface area contributed by atoms with E-state index in [0.29, 0.717) is 12.3 Å². The predicted octanol–water partition coefficient (Wildman–Crippen LogP) is 3.10. The average Bonchev–Trinajstić information content (AvgIpc) is 2.39. The van der Waals surface area contributed by atoms with Gasteiger partial charge in [0, 0.05) is 0 Å². The summed E-state index contributed by atoms with van der Waals surface area (Å²) in [4.78, 5) is 14.7. The van der Waals surface area contributed by atoms with Crippen LogP contribution in [0.1, 0.15) is 55.9 Å². The van der Waals surface area contributed by atoms with Gasteiger partial charge in [0.05, 0.1) is 12.3 Å². The molecule has 1 heterocycles. The number of unbranched alkanes of at least 4 members (excludes halogenated alkanes) is 5. The van der Waals surface area contributed by atoms with Crippen LogP contribution in [-0.2, 0) is 0 Å². The zero-order valence-electron chi connectivity index (χ0n) is 11.4. The first-order chi connectivity index (χ1) is 9.15. The second kappa shape index (κ2) is 8.34. The van der Waals surface area contributed by atoms with Gasteiger partial charge in [-0.15, -0.1) is 0 Å². The van der Waals surface area contributed by atoms with E-state index in [1.165, 1.54) is 37.8 Å². The summed E-state index contributed by atoms with van der Waals surface area (Å²) in [5.41, 5.74) is 6.01. The normalized spacial score (nSPS) is 10.4. The standard InChI is InChI=1S/C14H22N2O3/c1-2-3-4-5-6-7-10-19-13-11(15)8-9-12(16-13)14(17)18/h8-9H,2-7,10,15H2,1H3,(H,17,18). The lowest BCUT2D eigenvalue weighted by Crippen LogP contribution is -2.07. The lowest BCUT2D eigenvalue weighted by molar-refractivity contribution is 0.0689. The maximum atomic E-state index is 10.8. The van der Waals surface area contributed by atoms with Crippen molar-refractivity contribution in [1.29, 1.82) is 0 Å². The molecule has 3 N–H and O–H groups in total. The van der Waals surface area contributed by atoms with Crippen LogP contribution in [0.3, 0.4) is 0 Å². The summed E-state index contributed by atoms with van der Waals surface area (Å²) in [7, 11) is 0. The van der Waals surface area contributed by atoms with E-state index in [4.69, 9.17) is 15.6 Å². The number of rotatable bonds is 9. The number of carboxylic acids is 1. The second-order valence-electron chi connectivity index (χ2n) is 4.51. The van der Waals surface area contributed by atoms with E-state index < -0.39 is 5.97 Å². The van der Waals surface area contributed by atoms with Gasteiger partial charge in [-0.2, -0.15) is 0 Å². The molecular formula is C14H22N2O3. The molecule has 0 atom stereocenters. The maximum Gasteiger partial charge on any atom is 0.354 e. The lowest BCUT2D eigenvalue weighted by atomic mass is 10.1. The molecule has 0 radical (unpaired) electrons. The van der Waals surface area contributed by atoms with Crippen molar-refractivity contribution >= 4 is 11.7 Å². The van der Waals surface area contributed by atoms with E-state index in [2.05, 4.69) is 11.9 Å². The van der Waals surface area contributed by atoms with E-state index in [9.17, 15) is 4.79 Å². The molecule has 106 valence electrons. The summed E-state index contributed by atoms with van der Waals surface area (Å²) >= 11 is 0. The van der Waals surface area contributed by atoms with Crippen molar-refractivity contribution < 1.29 is 14.6 Å². The predicted molar refractivity (Wildman–Crippen MR) is 74.5 cm³/mol. The molecule has 0 unspecified atom stereocenters. The van der Waals surface area contributed by atoms with Crippen molar-refractivity contribution in [3.05, 3.63) is 17.8 Å². The van der Waals surface area contributed by atoms with E-state index >= 15 is 0 Å². The largest absolute Gasteiger partial charge is 0.477 e. The Kier molecular flexibility index (Phi) is 6.71. The monoisotopic (exact) mass is 266 g/mol. The van der Waals surface area contributed by atoms with Gasteiger partial charge in [0.25, 0.3) is 0 Å². The minimum Gasteiger partial charge on any atom is -0.477 e. The number of nitrogens with two attached hydrogens (primary N) is 1. The average molecular weight is 266 g/mol. The highest BCUT2D eigenvalue weighted by atomic mass is 16.5. The van der Waals surface area contributed by atoms with Gasteiger partial charge in [0.15, 0.2) is 5.69 Å². The number of hydrogen-bond acceptors (Lipinski definition) is 4. The van der Waals surface area contributed by atoms with Gasteiger partial charge in [-0.3, -0.25) is 0 Å². The Morgan fingerprint density at radius 3 is 2.63 bits per heavy atom. The highest BCUT2D eigenvalue weighted by Crippen LogP contribution is 2.19. The highest BCUT2D eigenvalue weighted by molar-refractivity contribution is 5.86. The van der Waals surface area contributed by atoms with Gasteiger partial charge < -0.3 is 15.6 Å². The Morgan fingerprint density at radius 2 is 1.95 bits per heavy atom. The molecule has 0 aliphatic heterocycles. The topological polar surface area (TPSA) is 85.4 Å². The summed E-state index contributed by atoms with van der Waals surface area (Å²) < 4.78 is 5.43. The van der Waals surface area contributed by atoms with Crippen molar-refractivity contribution in [1.82, 2.24) is 4.98 Å². The first kappa shape index (κ1) is 15.3. The number of hydrogen-bond donors (Lipinski definition) is 2. The van der Waals surface area contributed by atoms with Crippen LogP contribution in [0.5, 0.6) is 5.88 Å². The quantitative estimate of drug-likeness (QED) is 0.671. The van der Waals surface area contributed by atoms with Crippen LogP contribution in [0, 0.1) is 0 Å². The smallest absolute Gasteiger partial charge is 0.354 e. The number of nitrogens with zero attached hydrogens (tertiary/aromatic N) is 1. The fraction of sp³-hybridized carbons (Fsp3) is 0.571. The van der Waals surface area contributed by atoms with Crippen LogP contribution in [-0.4, -0.2) is 22.7 Å². The summed E-state index contributed by atoms with van der Waals surface area (Å²) in [5, 5.41) is 8.83. The van der Waals surface area contributed by atoms with E-state index in [1.807, 2.05) is 0 Å². The Balaban J connectivity index is 2.32. The van der Waals surface area contributed by atoms with E-state index in [1.54, 1.807) is 0 Å². The van der Waals surface area contributed by atoms with Crippen molar-refractivity contribution in [2.45, 2.75) is 45.4 Å². The summed E-state index contributed by atoms with van der Waals surface area (Å²) in [5.74, 6) is -0.863. The third-order valence-electron chi connectivity index (χ3n) is 2.85. The number of nitrogen functional groups attached to an aromatic ring is 1. The molecule has 0 aromatic carbocycles. The first-order valence-corrected chi connectivity index (χ1v) is 6.77. The minimum absolute atomic E-state index is 0.0489. The molecule has 1 aromatic heterocycles. The third kappa shape index (κ3) is 5.59. The number of carbonyl (C=O) groups is 1. The molecule has 0 fully saturated rings. The van der Waals surface area contributed by atoms with Gasteiger partial charge in [-0.25, -0.2) is 9.78 Å². The fourth-order valence-electron chi connectivity index (χ4n) is 1.74. The van der Waals surface area contributed by atoms with Gasteiger partial charge >= 0.3 is 5.97 Å². The van der Waals surface area contributed by atoms with Crippen LogP contribution in [0.2, 0.25) is 0 Å². The zero-order valence-corrected chi connectivity index (χ0v) is 11.4. The van der Waals surface area contributed by atoms with E-state index in [-0.39, 0.29) is 11.6 Å². The minimum atomic E-state index is -1.08. The zero-order chi connectivity index (χ0) is 14.1. The van der Waals surface area contributed by atoms with E-state index in [0.717, 1.165) is 12.8 Å². The lowest BCUT2D eigenvalue weighted by Gasteiger charge is -2.08. The molecule has 0 bridgehead atoms. The van der Waals surface area contributed by atoms with Crippen LogP contribution in [0.25, 0.3) is 0 Å². The molecule has 19 heavy (non-hydrogen) atoms. The molecule has 5 nitrogen and oxygen atoms in total. The first-order valence-electron chi connectivity index (χ1n) is 6.77. The number of aromatic carboxylic acids is 1. The molecule has 0 aliphatic carbocycles. The molecule has 0 aliphatic rings. The number of pyridine rings is 1. The number of anilines is 1. The summed E-state index contributed by atoms with van der Waals surface area (Å²) in [6.07, 6.45) is 7.01. The maximum absolute atomic E-state index is 10.8. The van der Waals surface area contributed by atoms with Crippen LogP contribution in [0.4, 0.5) is 5.69 Å². The number of carboxylic acid groups (broad SMARTS) is 1. The fourth-order valence-corrected chi connectivity index (χ4v) is 1.74. The van der Waals surface area contributed by atoms with Gasteiger partial charge in [0.2, 0.25) is 5.88 Å². The third-order valence-corrected chi connectivity index (χ3v) is 2.85. The second-order valence-corrected chi connectivity index (χ2v) is 4.51. The molecule has 0 saturated heterocycles. The Bertz CT molecular complexity index is 408. The SMILES string of the molecule is CCCCCCCCOc1nc(C(=O)O)ccc1N. The van der Waals surface area contributed by atoms with Gasteiger partial charge in [-0.1, -0.05) is 39.0 Å². The Labute approximate surface area is 113 Å².